The van der Waals surface area contributed by atoms with Crippen molar-refractivity contribution in [3.63, 3.8) is 0 Å². The molecule has 1 aromatic heterocycles. The van der Waals surface area contributed by atoms with Gasteiger partial charge in [0.1, 0.15) is 12.3 Å². The molecule has 34 heavy (non-hydrogen) atoms. The largest absolute Gasteiger partial charge is 0.493 e. The summed E-state index contributed by atoms with van der Waals surface area (Å²) < 4.78 is 11.6. The molecule has 2 aliphatic heterocycles. The molecule has 0 unspecified atom stereocenters. The normalized spacial score (nSPS) is 15.6. The van der Waals surface area contributed by atoms with Crippen LogP contribution in [0.1, 0.15) is 40.0 Å². The van der Waals surface area contributed by atoms with Crippen molar-refractivity contribution in [2.75, 3.05) is 38.3 Å². The summed E-state index contributed by atoms with van der Waals surface area (Å²) in [6.45, 7) is 8.47. The van der Waals surface area contributed by atoms with Gasteiger partial charge in [0.05, 0.1) is 19.3 Å². The van der Waals surface area contributed by atoms with Crippen LogP contribution >= 0.6 is 0 Å². The van der Waals surface area contributed by atoms with Gasteiger partial charge < -0.3 is 14.4 Å². The predicted octanol–water partition coefficient (Wildman–Crippen LogP) is 5.01. The molecule has 0 atom stereocenters. The molecule has 0 aliphatic carbocycles. The van der Waals surface area contributed by atoms with Crippen molar-refractivity contribution >= 4 is 11.6 Å². The van der Waals surface area contributed by atoms with Gasteiger partial charge in [-0.2, -0.15) is 0 Å². The Labute approximate surface area is 201 Å². The Morgan fingerprint density at radius 2 is 1.71 bits per heavy atom. The molecule has 2 aliphatic rings. The number of rotatable bonds is 7. The minimum Gasteiger partial charge on any atom is -0.493 e. The van der Waals surface area contributed by atoms with E-state index in [-0.39, 0.29) is 5.91 Å². The van der Waals surface area contributed by atoms with E-state index >= 15 is 0 Å². The molecule has 1 amide bonds. The number of amides is 1. The van der Waals surface area contributed by atoms with E-state index in [4.69, 9.17) is 14.5 Å². The maximum absolute atomic E-state index is 13.3. The number of carbonyl (C=O) groups excluding carboxylic acids is 1. The molecule has 0 radical (unpaired) electrons. The number of likely N-dealkylation sites (tertiary alicyclic amines) is 1. The SMILES string of the molecule is COc1cc(N2Cc3ccc(-c4cc(C)cc(C)c4)nc3C2=O)ccc1OCCN1CCCC1. The van der Waals surface area contributed by atoms with E-state index in [2.05, 4.69) is 36.9 Å². The Morgan fingerprint density at radius 3 is 2.44 bits per heavy atom. The summed E-state index contributed by atoms with van der Waals surface area (Å²) in [4.78, 5) is 22.2. The first-order valence-electron chi connectivity index (χ1n) is 12.0. The molecule has 1 fully saturated rings. The molecule has 2 aromatic carbocycles. The Kier molecular flexibility index (Phi) is 6.24. The van der Waals surface area contributed by atoms with Crippen molar-refractivity contribution in [2.24, 2.45) is 0 Å². The second-order valence-corrected chi connectivity index (χ2v) is 9.20. The number of nitrogens with zero attached hydrogens (tertiary/aromatic N) is 3. The molecule has 3 aromatic rings. The smallest absolute Gasteiger partial charge is 0.277 e. The first-order chi connectivity index (χ1) is 16.5. The number of hydrogen-bond donors (Lipinski definition) is 0. The van der Waals surface area contributed by atoms with Crippen LogP contribution in [0.4, 0.5) is 5.69 Å². The number of hydrogen-bond acceptors (Lipinski definition) is 5. The molecular weight excluding hydrogens is 426 g/mol. The molecule has 3 heterocycles. The highest BCUT2D eigenvalue weighted by atomic mass is 16.5. The number of aryl methyl sites for hydroxylation is 2. The summed E-state index contributed by atoms with van der Waals surface area (Å²) in [5.41, 5.74) is 6.44. The van der Waals surface area contributed by atoms with E-state index in [0.717, 1.165) is 42.1 Å². The Hall–Kier alpha value is -3.38. The third-order valence-electron chi connectivity index (χ3n) is 6.60. The molecule has 0 saturated carbocycles. The van der Waals surface area contributed by atoms with Gasteiger partial charge in [0.15, 0.2) is 11.5 Å². The summed E-state index contributed by atoms with van der Waals surface area (Å²) in [6, 6.07) is 16.0. The highest BCUT2D eigenvalue weighted by Gasteiger charge is 2.31. The van der Waals surface area contributed by atoms with E-state index in [9.17, 15) is 4.79 Å². The second kappa shape index (κ2) is 9.47. The molecule has 0 N–H and O–H groups in total. The fourth-order valence-electron chi connectivity index (χ4n) is 4.90. The van der Waals surface area contributed by atoms with E-state index in [1.54, 1.807) is 12.0 Å². The number of pyridine rings is 1. The zero-order valence-corrected chi connectivity index (χ0v) is 20.1. The van der Waals surface area contributed by atoms with Crippen LogP contribution in [0.15, 0.2) is 48.5 Å². The Bertz CT molecular complexity index is 1200. The van der Waals surface area contributed by atoms with Crippen molar-refractivity contribution < 1.29 is 14.3 Å². The van der Waals surface area contributed by atoms with Gasteiger partial charge in [0, 0.05) is 29.4 Å². The lowest BCUT2D eigenvalue weighted by Gasteiger charge is -2.19. The number of fused-ring (bicyclic) bond motifs is 1. The third-order valence-corrected chi connectivity index (χ3v) is 6.60. The number of benzene rings is 2. The first-order valence-corrected chi connectivity index (χ1v) is 12.0. The van der Waals surface area contributed by atoms with Crippen molar-refractivity contribution in [2.45, 2.75) is 33.2 Å². The summed E-state index contributed by atoms with van der Waals surface area (Å²) in [5.74, 6) is 1.24. The minimum atomic E-state index is -0.0917. The average molecular weight is 458 g/mol. The maximum atomic E-state index is 13.3. The topological polar surface area (TPSA) is 54.9 Å². The average Bonchev–Trinajstić information content (AvgIpc) is 3.46. The Balaban J connectivity index is 1.33. The Morgan fingerprint density at radius 1 is 0.941 bits per heavy atom. The van der Waals surface area contributed by atoms with E-state index in [0.29, 0.717) is 30.3 Å². The third kappa shape index (κ3) is 4.50. The minimum absolute atomic E-state index is 0.0917. The summed E-state index contributed by atoms with van der Waals surface area (Å²) in [6.07, 6.45) is 2.54. The van der Waals surface area contributed by atoms with Gasteiger partial charge >= 0.3 is 0 Å². The van der Waals surface area contributed by atoms with E-state index in [1.807, 2.05) is 30.3 Å². The monoisotopic (exact) mass is 457 g/mol. The highest BCUT2D eigenvalue weighted by Crippen LogP contribution is 2.36. The number of ether oxygens (including phenoxy) is 2. The standard InChI is InChI=1S/C28H31N3O3/c1-19-14-20(2)16-22(15-19)24-8-6-21-18-31(28(32)27(21)29-24)23-7-9-25(26(17-23)33-3)34-13-12-30-10-4-5-11-30/h6-9,14-17H,4-5,10-13,18H2,1-3H3. The number of methoxy groups -OCH3 is 1. The van der Waals surface area contributed by atoms with Gasteiger partial charge in [-0.15, -0.1) is 0 Å². The molecule has 0 bridgehead atoms. The number of aromatic nitrogens is 1. The zero-order valence-electron chi connectivity index (χ0n) is 20.1. The second-order valence-electron chi connectivity index (χ2n) is 9.20. The molecular formula is C28H31N3O3. The molecule has 0 spiro atoms. The lowest BCUT2D eigenvalue weighted by molar-refractivity contribution is 0.0992. The number of anilines is 1. The summed E-state index contributed by atoms with van der Waals surface area (Å²) in [7, 11) is 1.63. The lowest BCUT2D eigenvalue weighted by atomic mass is 10.0. The van der Waals surface area contributed by atoms with Crippen LogP contribution in [-0.2, 0) is 6.54 Å². The van der Waals surface area contributed by atoms with Crippen molar-refractivity contribution in [1.82, 2.24) is 9.88 Å². The maximum Gasteiger partial charge on any atom is 0.277 e. The lowest BCUT2D eigenvalue weighted by Crippen LogP contribution is -2.25. The van der Waals surface area contributed by atoms with Crippen LogP contribution in [0, 0.1) is 13.8 Å². The summed E-state index contributed by atoms with van der Waals surface area (Å²) >= 11 is 0. The molecule has 1 saturated heterocycles. The fourth-order valence-corrected chi connectivity index (χ4v) is 4.90. The molecule has 6 heteroatoms. The predicted molar refractivity (Wildman–Crippen MR) is 134 cm³/mol. The molecule has 6 nitrogen and oxygen atoms in total. The van der Waals surface area contributed by atoms with Gasteiger partial charge in [-0.05, 0) is 70.1 Å². The van der Waals surface area contributed by atoms with Gasteiger partial charge in [0.25, 0.3) is 5.91 Å². The van der Waals surface area contributed by atoms with Crippen molar-refractivity contribution in [1.29, 1.82) is 0 Å². The van der Waals surface area contributed by atoms with Crippen LogP contribution in [-0.4, -0.2) is 49.1 Å². The van der Waals surface area contributed by atoms with Crippen LogP contribution < -0.4 is 14.4 Å². The summed E-state index contributed by atoms with van der Waals surface area (Å²) in [5, 5.41) is 0. The molecule has 176 valence electrons. The van der Waals surface area contributed by atoms with Crippen LogP contribution in [0.3, 0.4) is 0 Å². The van der Waals surface area contributed by atoms with Crippen molar-refractivity contribution in [3.8, 4) is 22.8 Å². The number of carbonyl (C=O) groups is 1. The zero-order chi connectivity index (χ0) is 23.7. The van der Waals surface area contributed by atoms with Gasteiger partial charge in [-0.25, -0.2) is 4.98 Å². The van der Waals surface area contributed by atoms with Gasteiger partial charge in [-0.3, -0.25) is 9.69 Å². The van der Waals surface area contributed by atoms with Crippen LogP contribution in [0.2, 0.25) is 0 Å². The van der Waals surface area contributed by atoms with Crippen LogP contribution in [0.25, 0.3) is 11.3 Å². The first kappa shape index (κ1) is 22.4. The quantitative estimate of drug-likeness (QED) is 0.499. The van der Waals surface area contributed by atoms with Crippen LogP contribution in [0.5, 0.6) is 11.5 Å². The highest BCUT2D eigenvalue weighted by molar-refractivity contribution is 6.09. The fraction of sp³-hybridized carbons (Fsp3) is 0.357. The van der Waals surface area contributed by atoms with E-state index in [1.165, 1.54) is 24.0 Å². The van der Waals surface area contributed by atoms with E-state index < -0.39 is 0 Å². The molecule has 5 rings (SSSR count). The van der Waals surface area contributed by atoms with Gasteiger partial charge in [0.2, 0.25) is 0 Å². The van der Waals surface area contributed by atoms with Gasteiger partial charge in [-0.1, -0.05) is 23.3 Å². The van der Waals surface area contributed by atoms with Crippen molar-refractivity contribution in [3.05, 3.63) is 70.9 Å².